The number of rotatable bonds is 38. The number of unbranched alkanes of at least 4 members (excludes halogenated alkanes) is 24. The Balaban J connectivity index is 4.27. The molecule has 7 heteroatoms. The maximum atomic E-state index is 12.7. The quantitative estimate of drug-likeness (QED) is 0.0337. The maximum Gasteiger partial charge on any atom is 0.326 e. The molecular formula is C42H80N2O5. The van der Waals surface area contributed by atoms with Gasteiger partial charge in [-0.25, -0.2) is 4.79 Å². The van der Waals surface area contributed by atoms with E-state index in [0.717, 1.165) is 64.2 Å². The Morgan fingerprint density at radius 1 is 0.592 bits per heavy atom. The summed E-state index contributed by atoms with van der Waals surface area (Å²) < 4.78 is 5.96. The average molecular weight is 693 g/mol. The molecule has 0 saturated heterocycles. The van der Waals surface area contributed by atoms with E-state index in [-0.39, 0.29) is 18.0 Å². The van der Waals surface area contributed by atoms with Crippen molar-refractivity contribution in [2.45, 2.75) is 231 Å². The fourth-order valence-electron chi connectivity index (χ4n) is 6.36. The third-order valence-electron chi connectivity index (χ3n) is 9.57. The highest BCUT2D eigenvalue weighted by atomic mass is 16.5. The van der Waals surface area contributed by atoms with Crippen molar-refractivity contribution < 1.29 is 24.2 Å². The van der Waals surface area contributed by atoms with Gasteiger partial charge in [0.15, 0.2) is 0 Å². The molecule has 0 aromatic carbocycles. The van der Waals surface area contributed by atoms with Gasteiger partial charge in [-0.2, -0.15) is 0 Å². The number of nitrogens with one attached hydrogen (secondary N) is 1. The van der Waals surface area contributed by atoms with Crippen molar-refractivity contribution in [2.75, 3.05) is 6.54 Å². The van der Waals surface area contributed by atoms with E-state index in [1.165, 1.54) is 116 Å². The van der Waals surface area contributed by atoms with Crippen LogP contribution < -0.4 is 11.1 Å². The number of carbonyl (C=O) groups excluding carboxylic acids is 2. The lowest BCUT2D eigenvalue weighted by Gasteiger charge is -2.15. The number of aliphatic carboxylic acids is 1. The zero-order valence-corrected chi connectivity index (χ0v) is 32.3. The molecule has 7 nitrogen and oxygen atoms in total. The zero-order valence-electron chi connectivity index (χ0n) is 32.3. The largest absolute Gasteiger partial charge is 0.480 e. The van der Waals surface area contributed by atoms with Crippen LogP contribution in [0.3, 0.4) is 0 Å². The summed E-state index contributed by atoms with van der Waals surface area (Å²) >= 11 is 0. The highest BCUT2D eigenvalue weighted by molar-refractivity contribution is 5.83. The summed E-state index contributed by atoms with van der Waals surface area (Å²) in [4.78, 5) is 36.2. The van der Waals surface area contributed by atoms with Gasteiger partial charge in [0.05, 0.1) is 0 Å². The van der Waals surface area contributed by atoms with Gasteiger partial charge < -0.3 is 20.9 Å². The number of allylic oxidation sites excluding steroid dienone is 1. The lowest BCUT2D eigenvalue weighted by Crippen LogP contribution is -2.40. The molecule has 0 aromatic rings. The smallest absolute Gasteiger partial charge is 0.326 e. The summed E-state index contributed by atoms with van der Waals surface area (Å²) in [6, 6.07) is -0.850. The number of ether oxygens (including phenoxy) is 1. The fraction of sp³-hybridized carbons (Fsp3) is 0.881. The Hall–Kier alpha value is -1.89. The van der Waals surface area contributed by atoms with Gasteiger partial charge in [-0.05, 0) is 64.0 Å². The first kappa shape index (κ1) is 47.1. The van der Waals surface area contributed by atoms with Crippen LogP contribution in [0, 0.1) is 0 Å². The van der Waals surface area contributed by atoms with Crippen molar-refractivity contribution in [3.8, 4) is 0 Å². The zero-order chi connectivity index (χ0) is 36.0. The van der Waals surface area contributed by atoms with E-state index in [4.69, 9.17) is 10.5 Å². The van der Waals surface area contributed by atoms with E-state index in [2.05, 4.69) is 31.3 Å². The fourth-order valence-corrected chi connectivity index (χ4v) is 6.36. The Morgan fingerprint density at radius 3 is 1.53 bits per heavy atom. The van der Waals surface area contributed by atoms with Crippen LogP contribution in [0.25, 0.3) is 0 Å². The molecule has 2 unspecified atom stereocenters. The summed E-state index contributed by atoms with van der Waals surface area (Å²) in [5.74, 6) is -1.26. The van der Waals surface area contributed by atoms with Crippen LogP contribution in [0.5, 0.6) is 0 Å². The van der Waals surface area contributed by atoms with Gasteiger partial charge in [0.2, 0.25) is 5.91 Å². The normalized spacial score (nSPS) is 12.7. The number of amides is 1. The first-order valence-electron chi connectivity index (χ1n) is 21.0. The summed E-state index contributed by atoms with van der Waals surface area (Å²) in [5, 5.41) is 11.9. The summed E-state index contributed by atoms with van der Waals surface area (Å²) in [7, 11) is 0. The molecule has 0 spiro atoms. The van der Waals surface area contributed by atoms with Gasteiger partial charge in [0, 0.05) is 12.8 Å². The topological polar surface area (TPSA) is 119 Å². The molecule has 0 bridgehead atoms. The van der Waals surface area contributed by atoms with Crippen molar-refractivity contribution in [1.82, 2.24) is 5.32 Å². The number of carboxylic acid groups (broad SMARTS) is 1. The molecule has 49 heavy (non-hydrogen) atoms. The van der Waals surface area contributed by atoms with E-state index >= 15 is 0 Å². The number of carbonyl (C=O) groups is 3. The molecule has 0 radical (unpaired) electrons. The molecular weight excluding hydrogens is 612 g/mol. The Labute approximate surface area is 302 Å². The van der Waals surface area contributed by atoms with Crippen LogP contribution in [0.2, 0.25) is 0 Å². The van der Waals surface area contributed by atoms with Gasteiger partial charge in [0.1, 0.15) is 12.1 Å². The monoisotopic (exact) mass is 693 g/mol. The van der Waals surface area contributed by atoms with Crippen molar-refractivity contribution in [3.05, 3.63) is 12.2 Å². The highest BCUT2D eigenvalue weighted by Gasteiger charge is 2.18. The van der Waals surface area contributed by atoms with Crippen LogP contribution in [0.4, 0.5) is 0 Å². The van der Waals surface area contributed by atoms with Crippen LogP contribution >= 0.6 is 0 Å². The number of carboxylic acids is 1. The van der Waals surface area contributed by atoms with Crippen molar-refractivity contribution in [1.29, 1.82) is 0 Å². The first-order valence-corrected chi connectivity index (χ1v) is 21.0. The molecule has 0 aliphatic carbocycles. The first-order chi connectivity index (χ1) is 23.9. The number of hydrogen-bond acceptors (Lipinski definition) is 5. The van der Waals surface area contributed by atoms with Gasteiger partial charge in [-0.1, -0.05) is 161 Å². The van der Waals surface area contributed by atoms with E-state index in [1.54, 1.807) is 0 Å². The van der Waals surface area contributed by atoms with E-state index in [1.807, 2.05) is 0 Å². The molecule has 0 fully saturated rings. The van der Waals surface area contributed by atoms with Crippen LogP contribution in [-0.4, -0.2) is 41.6 Å². The minimum absolute atomic E-state index is 0.0555. The van der Waals surface area contributed by atoms with E-state index in [9.17, 15) is 19.5 Å². The molecule has 0 rings (SSSR count). The molecule has 4 N–H and O–H groups in total. The van der Waals surface area contributed by atoms with Gasteiger partial charge in [-0.3, -0.25) is 9.59 Å². The molecule has 0 aliphatic heterocycles. The number of hydrogen-bond donors (Lipinski definition) is 3. The van der Waals surface area contributed by atoms with E-state index in [0.29, 0.717) is 32.2 Å². The Kier molecular flexibility index (Phi) is 35.9. The second kappa shape index (κ2) is 37.4. The standard InChI is InChI=1S/C42H80N2O5/c1-3-5-7-9-11-13-14-15-16-18-20-26-30-36-41(46)49-38(32-27-23-19-17-12-10-8-6-4-2)33-28-24-21-22-25-29-35-40(45)44-39(42(47)48)34-31-37-43/h27,32,38-39H,3-26,28-31,33-37,43H2,1-2H3,(H,44,45)(H,47,48)/b32-27-. The maximum absolute atomic E-state index is 12.7. The molecule has 0 aromatic heterocycles. The second-order valence-electron chi connectivity index (χ2n) is 14.4. The predicted octanol–water partition coefficient (Wildman–Crippen LogP) is 11.5. The predicted molar refractivity (Wildman–Crippen MR) is 207 cm³/mol. The second-order valence-corrected chi connectivity index (χ2v) is 14.4. The van der Waals surface area contributed by atoms with Gasteiger partial charge in [-0.15, -0.1) is 0 Å². The van der Waals surface area contributed by atoms with Gasteiger partial charge in [0.25, 0.3) is 0 Å². The van der Waals surface area contributed by atoms with Crippen molar-refractivity contribution in [2.24, 2.45) is 5.73 Å². The van der Waals surface area contributed by atoms with Crippen LogP contribution in [-0.2, 0) is 19.1 Å². The molecule has 0 heterocycles. The Morgan fingerprint density at radius 2 is 1.04 bits per heavy atom. The van der Waals surface area contributed by atoms with Crippen molar-refractivity contribution >= 4 is 17.8 Å². The summed E-state index contributed by atoms with van der Waals surface area (Å²) in [6.45, 7) is 4.94. The molecule has 2 atom stereocenters. The Bertz CT molecular complexity index is 787. The lowest BCUT2D eigenvalue weighted by molar-refractivity contribution is -0.147. The number of esters is 1. The molecule has 1 amide bonds. The highest BCUT2D eigenvalue weighted by Crippen LogP contribution is 2.17. The van der Waals surface area contributed by atoms with E-state index < -0.39 is 12.0 Å². The third kappa shape index (κ3) is 34.3. The molecule has 0 saturated carbocycles. The van der Waals surface area contributed by atoms with Crippen molar-refractivity contribution in [3.63, 3.8) is 0 Å². The molecule has 0 aliphatic rings. The summed E-state index contributed by atoms with van der Waals surface area (Å²) in [6.07, 6.45) is 39.8. The van der Waals surface area contributed by atoms with Gasteiger partial charge >= 0.3 is 11.9 Å². The minimum Gasteiger partial charge on any atom is -0.480 e. The lowest BCUT2D eigenvalue weighted by atomic mass is 10.0. The summed E-state index contributed by atoms with van der Waals surface area (Å²) in [5.41, 5.74) is 5.47. The third-order valence-corrected chi connectivity index (χ3v) is 9.57. The molecule has 288 valence electrons. The van der Waals surface area contributed by atoms with Crippen LogP contribution in [0.15, 0.2) is 12.2 Å². The average Bonchev–Trinajstić information content (AvgIpc) is 3.08. The van der Waals surface area contributed by atoms with Crippen LogP contribution in [0.1, 0.15) is 219 Å². The minimum atomic E-state index is -1.00. The number of nitrogens with two attached hydrogens (primary N) is 1. The SMILES string of the molecule is CCCCCCCCC/C=C\C(CCCCCCCCC(=O)NC(CCCN)C(=O)O)OC(=O)CCCCCCCCCCCCCCC.